The summed E-state index contributed by atoms with van der Waals surface area (Å²) in [6.07, 6.45) is -2.98. The van der Waals surface area contributed by atoms with Crippen LogP contribution in [0.15, 0.2) is 114 Å². The zero-order chi connectivity index (χ0) is 48.0. The number of ketones is 2. The Bertz CT molecular complexity index is 2670. The van der Waals surface area contributed by atoms with E-state index in [0.29, 0.717) is 50.3 Å². The molecule has 0 bridgehead atoms. The highest BCUT2D eigenvalue weighted by Crippen LogP contribution is 2.33. The maximum absolute atomic E-state index is 13.0. The number of carboxylic acid groups (broad SMARTS) is 2. The summed E-state index contributed by atoms with van der Waals surface area (Å²) in [7, 11) is 0. The molecular weight excluding hydrogens is 941 g/mol. The van der Waals surface area contributed by atoms with Gasteiger partial charge in [0, 0.05) is 42.8 Å². The number of nitrogens with one attached hydrogen (secondary N) is 2. The van der Waals surface area contributed by atoms with Gasteiger partial charge in [0.15, 0.2) is 18.2 Å². The molecule has 2 aromatic heterocycles. The molecule has 2 amide bonds. The van der Waals surface area contributed by atoms with Crippen molar-refractivity contribution in [2.45, 2.75) is 50.8 Å². The molecule has 66 heavy (non-hydrogen) atoms. The zero-order valence-corrected chi connectivity index (χ0v) is 38.2. The van der Waals surface area contributed by atoms with Crippen molar-refractivity contribution in [1.29, 1.82) is 0 Å². The van der Waals surface area contributed by atoms with E-state index in [2.05, 4.69) is 15.4 Å². The van der Waals surface area contributed by atoms with Crippen molar-refractivity contribution < 1.29 is 61.6 Å². The smallest absolute Gasteiger partial charge is 0.482 e. The summed E-state index contributed by atoms with van der Waals surface area (Å²) in [6, 6.07) is 28.0. The molecule has 4 N–H and O–H groups in total. The highest BCUT2D eigenvalue weighted by Gasteiger charge is 2.31. The largest absolute Gasteiger partial charge is 0.573 e. The molecule has 0 spiro atoms. The van der Waals surface area contributed by atoms with Crippen LogP contribution in [-0.2, 0) is 33.6 Å². The number of benzene rings is 4. The van der Waals surface area contributed by atoms with Crippen molar-refractivity contribution in [2.24, 2.45) is 0 Å². The Morgan fingerprint density at radius 2 is 1.17 bits per heavy atom. The predicted octanol–water partition coefficient (Wildman–Crippen LogP) is 11.1. The third-order valence-electron chi connectivity index (χ3n) is 9.09. The lowest BCUT2D eigenvalue weighted by atomic mass is 10.0. The average Bonchev–Trinajstić information content (AvgIpc) is 3.90. The Kier molecular flexibility index (Phi) is 18.1. The standard InChI is InChI=1S/C25H22F3NO5S2.C22H18ClNO5S/c1-2-18-13-20(23(33)16-6-8-17(9-7-16)34-25(26,27)28)24(36-18)29-21(30)14-35-19-10-3-15(4-11-19)5-12-22(31)32;1-2-17-11-18(20(27)13-3-7-15(23)8-4-13)22(30-17)24-21(28)14-5-9-16(10-6-14)29-12-19(25)26/h3-4,6-11,13H,2,5,12,14H2,1H3,(H,29,30)(H,31,32);3-11H,2,12H2,1H3,(H,24,28)(H,25,26). The van der Waals surface area contributed by atoms with Crippen LogP contribution in [0.2, 0.25) is 5.02 Å². The number of halogens is 4. The number of anilines is 2. The lowest BCUT2D eigenvalue weighted by Gasteiger charge is -2.09. The predicted molar refractivity (Wildman–Crippen MR) is 248 cm³/mol. The van der Waals surface area contributed by atoms with Crippen LogP contribution in [0.5, 0.6) is 11.5 Å². The van der Waals surface area contributed by atoms with E-state index in [9.17, 15) is 41.9 Å². The van der Waals surface area contributed by atoms with Crippen molar-refractivity contribution in [2.75, 3.05) is 23.0 Å². The number of amides is 2. The molecule has 4 aromatic carbocycles. The number of aryl methyl sites for hydroxylation is 3. The summed E-state index contributed by atoms with van der Waals surface area (Å²) < 4.78 is 46.0. The van der Waals surface area contributed by atoms with Crippen molar-refractivity contribution in [3.8, 4) is 11.5 Å². The first-order valence-electron chi connectivity index (χ1n) is 19.9. The van der Waals surface area contributed by atoms with E-state index in [1.54, 1.807) is 36.4 Å². The Hall–Kier alpha value is -6.47. The van der Waals surface area contributed by atoms with Gasteiger partial charge in [-0.05, 0) is 122 Å². The summed E-state index contributed by atoms with van der Waals surface area (Å²) in [4.78, 5) is 75.2. The molecule has 2 heterocycles. The van der Waals surface area contributed by atoms with Crippen LogP contribution < -0.4 is 20.1 Å². The molecule has 0 aliphatic heterocycles. The first-order chi connectivity index (χ1) is 31.4. The van der Waals surface area contributed by atoms with Gasteiger partial charge < -0.3 is 30.3 Å². The zero-order valence-electron chi connectivity index (χ0n) is 35.0. The van der Waals surface area contributed by atoms with Crippen LogP contribution in [0.3, 0.4) is 0 Å². The van der Waals surface area contributed by atoms with Crippen molar-refractivity contribution in [3.63, 3.8) is 0 Å². The highest BCUT2D eigenvalue weighted by molar-refractivity contribution is 8.00. The summed E-state index contributed by atoms with van der Waals surface area (Å²) in [6.45, 7) is 3.42. The second-order valence-electron chi connectivity index (χ2n) is 13.9. The molecule has 6 rings (SSSR count). The number of alkyl halides is 3. The number of carbonyl (C=O) groups excluding carboxylic acids is 4. The number of hydrogen-bond donors (Lipinski definition) is 4. The van der Waals surface area contributed by atoms with Gasteiger partial charge in [0.2, 0.25) is 5.91 Å². The number of thiophene rings is 2. The maximum Gasteiger partial charge on any atom is 0.573 e. The summed E-state index contributed by atoms with van der Waals surface area (Å²) in [5, 5.41) is 24.4. The minimum atomic E-state index is -4.83. The number of ether oxygens (including phenoxy) is 2. The Labute approximate surface area is 393 Å². The Balaban J connectivity index is 0.000000251. The minimum Gasteiger partial charge on any atom is -0.482 e. The van der Waals surface area contributed by atoms with E-state index in [1.165, 1.54) is 70.8 Å². The molecule has 0 saturated heterocycles. The third-order valence-corrected chi connectivity index (χ3v) is 12.7. The van der Waals surface area contributed by atoms with Gasteiger partial charge in [-0.25, -0.2) is 4.79 Å². The van der Waals surface area contributed by atoms with Gasteiger partial charge in [0.1, 0.15) is 21.5 Å². The molecule has 0 radical (unpaired) electrons. The van der Waals surface area contributed by atoms with Gasteiger partial charge in [-0.3, -0.25) is 24.0 Å². The summed E-state index contributed by atoms with van der Waals surface area (Å²) in [5.41, 5.74) is 2.58. The second kappa shape index (κ2) is 23.6. The molecule has 0 saturated carbocycles. The summed E-state index contributed by atoms with van der Waals surface area (Å²) >= 11 is 9.82. The van der Waals surface area contributed by atoms with E-state index < -0.39 is 36.4 Å². The van der Waals surface area contributed by atoms with Crippen molar-refractivity contribution >= 4 is 91.4 Å². The lowest BCUT2D eigenvalue weighted by Crippen LogP contribution is -2.17. The second-order valence-corrected chi connectivity index (χ2v) is 17.6. The quantitative estimate of drug-likeness (QED) is 0.0447. The van der Waals surface area contributed by atoms with Crippen LogP contribution >= 0.6 is 46.0 Å². The van der Waals surface area contributed by atoms with Gasteiger partial charge in [-0.15, -0.1) is 47.6 Å². The van der Waals surface area contributed by atoms with Crippen LogP contribution in [0.1, 0.15) is 77.8 Å². The van der Waals surface area contributed by atoms with Gasteiger partial charge in [-0.1, -0.05) is 37.6 Å². The molecule has 344 valence electrons. The number of thioether (sulfide) groups is 1. The van der Waals surface area contributed by atoms with E-state index >= 15 is 0 Å². The maximum atomic E-state index is 13.0. The first kappa shape index (κ1) is 50.5. The molecule has 6 aromatic rings. The minimum absolute atomic E-state index is 0.0436. The fourth-order valence-electron chi connectivity index (χ4n) is 5.81. The molecule has 19 heteroatoms. The number of carboxylic acids is 2. The van der Waals surface area contributed by atoms with E-state index in [-0.39, 0.29) is 40.9 Å². The van der Waals surface area contributed by atoms with E-state index in [0.717, 1.165) is 38.8 Å². The number of aliphatic carboxylic acids is 2. The molecule has 0 atom stereocenters. The first-order valence-corrected chi connectivity index (χ1v) is 22.9. The van der Waals surface area contributed by atoms with Gasteiger partial charge in [0.05, 0.1) is 16.9 Å². The average molecular weight is 981 g/mol. The topological polar surface area (TPSA) is 185 Å². The van der Waals surface area contributed by atoms with E-state index in [4.69, 9.17) is 26.6 Å². The van der Waals surface area contributed by atoms with Gasteiger partial charge in [0.25, 0.3) is 5.91 Å². The Morgan fingerprint density at radius 1 is 0.667 bits per heavy atom. The normalized spacial score (nSPS) is 10.9. The molecule has 0 aliphatic rings. The molecule has 0 fully saturated rings. The lowest BCUT2D eigenvalue weighted by molar-refractivity contribution is -0.274. The van der Waals surface area contributed by atoms with Gasteiger partial charge in [-0.2, -0.15) is 0 Å². The molecule has 0 aliphatic carbocycles. The van der Waals surface area contributed by atoms with Crippen LogP contribution in [0, 0.1) is 0 Å². The van der Waals surface area contributed by atoms with Crippen LogP contribution in [0.4, 0.5) is 23.2 Å². The monoisotopic (exact) mass is 980 g/mol. The fraction of sp³-hybridized carbons (Fsp3) is 0.191. The van der Waals surface area contributed by atoms with Crippen LogP contribution in [0.25, 0.3) is 0 Å². The SMILES string of the molecule is CCc1cc(C(=O)c2ccc(Cl)cc2)c(NC(=O)c2ccc(OCC(=O)O)cc2)s1.CCc1cc(C(=O)c2ccc(OC(F)(F)F)cc2)c(NC(=O)CSc2ccc(CCC(=O)O)cc2)s1. The van der Waals surface area contributed by atoms with Crippen LogP contribution in [-0.4, -0.2) is 64.3 Å². The third kappa shape index (κ3) is 15.3. The molecule has 0 unspecified atom stereocenters. The fourth-order valence-corrected chi connectivity index (χ4v) is 8.64. The number of rotatable bonds is 19. The Morgan fingerprint density at radius 3 is 1.67 bits per heavy atom. The van der Waals surface area contributed by atoms with Gasteiger partial charge >= 0.3 is 18.3 Å². The number of hydrogen-bond acceptors (Lipinski definition) is 11. The van der Waals surface area contributed by atoms with E-state index in [1.807, 2.05) is 38.1 Å². The summed E-state index contributed by atoms with van der Waals surface area (Å²) in [5.74, 6) is -3.27. The van der Waals surface area contributed by atoms with Crippen molar-refractivity contribution in [1.82, 2.24) is 0 Å². The highest BCUT2D eigenvalue weighted by atomic mass is 35.5. The molecule has 12 nitrogen and oxygen atoms in total. The van der Waals surface area contributed by atoms with Crippen molar-refractivity contribution in [3.05, 3.63) is 157 Å². The number of carbonyl (C=O) groups is 6. The molecular formula is C47H40ClF3N2O10S3.